The van der Waals surface area contributed by atoms with Crippen molar-refractivity contribution in [1.82, 2.24) is 4.98 Å². The number of amides is 2. The molecule has 0 spiro atoms. The van der Waals surface area contributed by atoms with Crippen molar-refractivity contribution in [3.63, 3.8) is 0 Å². The Hall–Kier alpha value is -2.63. The third-order valence-electron chi connectivity index (χ3n) is 3.11. The van der Waals surface area contributed by atoms with Crippen molar-refractivity contribution in [2.24, 2.45) is 0 Å². The van der Waals surface area contributed by atoms with E-state index in [2.05, 4.69) is 4.98 Å². The summed E-state index contributed by atoms with van der Waals surface area (Å²) in [6, 6.07) is 7.08. The summed E-state index contributed by atoms with van der Waals surface area (Å²) in [6.07, 6.45) is -0.855. The van der Waals surface area contributed by atoms with Crippen molar-refractivity contribution in [3.8, 4) is 0 Å². The Bertz CT molecular complexity index is 783. The van der Waals surface area contributed by atoms with Gasteiger partial charge in [-0.15, -0.1) is 0 Å². The van der Waals surface area contributed by atoms with Crippen LogP contribution in [0.4, 0.5) is 10.6 Å². The summed E-state index contributed by atoms with van der Waals surface area (Å²) in [5.74, 6) is -1.41. The minimum atomic E-state index is -0.892. The van der Waals surface area contributed by atoms with Gasteiger partial charge in [0, 0.05) is 10.9 Å². The summed E-state index contributed by atoms with van der Waals surface area (Å²) in [7, 11) is 0. The predicted molar refractivity (Wildman–Crippen MR) is 76.3 cm³/mol. The van der Waals surface area contributed by atoms with Crippen molar-refractivity contribution < 1.29 is 19.1 Å². The summed E-state index contributed by atoms with van der Waals surface area (Å²) in [5, 5.41) is 0.622. The SMILES string of the molecule is CC(C)(C)OC(=O)N1C(=O)C(=O)c2c1[nH]c1ccccc21. The van der Waals surface area contributed by atoms with Crippen LogP contribution in [0.25, 0.3) is 10.9 Å². The van der Waals surface area contributed by atoms with E-state index in [1.165, 1.54) is 0 Å². The summed E-state index contributed by atoms with van der Waals surface area (Å²) in [6.45, 7) is 5.08. The van der Waals surface area contributed by atoms with Crippen LogP contribution >= 0.6 is 0 Å². The monoisotopic (exact) mass is 286 g/mol. The predicted octanol–water partition coefficient (Wildman–Crippen LogP) is 2.63. The fraction of sp³-hybridized carbons (Fsp3) is 0.267. The van der Waals surface area contributed by atoms with Gasteiger partial charge in [-0.1, -0.05) is 18.2 Å². The molecule has 2 heterocycles. The number of benzene rings is 1. The van der Waals surface area contributed by atoms with Crippen LogP contribution < -0.4 is 4.90 Å². The van der Waals surface area contributed by atoms with Gasteiger partial charge in [0.05, 0.1) is 5.56 Å². The summed E-state index contributed by atoms with van der Waals surface area (Å²) < 4.78 is 5.19. The zero-order valence-electron chi connectivity index (χ0n) is 11.9. The van der Waals surface area contributed by atoms with Gasteiger partial charge in [0.15, 0.2) is 0 Å². The van der Waals surface area contributed by atoms with Gasteiger partial charge in [-0.25, -0.2) is 4.79 Å². The maximum atomic E-state index is 12.2. The Balaban J connectivity index is 2.12. The normalized spacial score (nSPS) is 14.7. The fourth-order valence-electron chi connectivity index (χ4n) is 2.32. The van der Waals surface area contributed by atoms with Crippen LogP contribution in [-0.2, 0) is 9.53 Å². The van der Waals surface area contributed by atoms with Crippen LogP contribution in [0.2, 0.25) is 0 Å². The second-order valence-electron chi connectivity index (χ2n) is 5.84. The van der Waals surface area contributed by atoms with Crippen molar-refractivity contribution in [1.29, 1.82) is 0 Å². The Morgan fingerprint density at radius 2 is 1.86 bits per heavy atom. The highest BCUT2D eigenvalue weighted by Crippen LogP contribution is 2.35. The molecular weight excluding hydrogens is 272 g/mol. The number of imide groups is 1. The second-order valence-corrected chi connectivity index (χ2v) is 5.84. The van der Waals surface area contributed by atoms with Gasteiger partial charge in [0.25, 0.3) is 5.78 Å². The fourth-order valence-corrected chi connectivity index (χ4v) is 2.32. The molecule has 0 bridgehead atoms. The molecule has 1 aromatic carbocycles. The molecule has 6 nitrogen and oxygen atoms in total. The molecule has 21 heavy (non-hydrogen) atoms. The highest BCUT2D eigenvalue weighted by molar-refractivity contribution is 6.57. The maximum Gasteiger partial charge on any atom is 0.423 e. The summed E-state index contributed by atoms with van der Waals surface area (Å²) in [4.78, 5) is 40.1. The number of carbonyl (C=O) groups excluding carboxylic acids is 3. The van der Waals surface area contributed by atoms with Crippen molar-refractivity contribution >= 4 is 34.5 Å². The zero-order chi connectivity index (χ0) is 15.4. The number of anilines is 1. The number of H-pyrrole nitrogens is 1. The third-order valence-corrected chi connectivity index (χ3v) is 3.11. The van der Waals surface area contributed by atoms with Crippen LogP contribution in [0, 0.1) is 0 Å². The van der Waals surface area contributed by atoms with Gasteiger partial charge in [0.1, 0.15) is 11.4 Å². The number of hydrogen-bond acceptors (Lipinski definition) is 4. The molecule has 1 aliphatic heterocycles. The van der Waals surface area contributed by atoms with E-state index in [0.29, 0.717) is 10.9 Å². The lowest BCUT2D eigenvalue weighted by Crippen LogP contribution is -2.40. The van der Waals surface area contributed by atoms with Crippen LogP contribution in [0.15, 0.2) is 24.3 Å². The Morgan fingerprint density at radius 3 is 2.52 bits per heavy atom. The minimum absolute atomic E-state index is 0.181. The number of aromatic nitrogens is 1. The van der Waals surface area contributed by atoms with Crippen LogP contribution in [-0.4, -0.2) is 28.4 Å². The van der Waals surface area contributed by atoms with Crippen molar-refractivity contribution in [2.45, 2.75) is 26.4 Å². The van der Waals surface area contributed by atoms with Crippen molar-refractivity contribution in [2.75, 3.05) is 4.90 Å². The molecule has 0 aliphatic carbocycles. The van der Waals surface area contributed by atoms with Gasteiger partial charge in [-0.2, -0.15) is 4.90 Å². The Morgan fingerprint density at radius 1 is 1.19 bits per heavy atom. The minimum Gasteiger partial charge on any atom is -0.443 e. The molecule has 6 heteroatoms. The average molecular weight is 286 g/mol. The molecule has 0 fully saturated rings. The van der Waals surface area contributed by atoms with Gasteiger partial charge in [-0.3, -0.25) is 9.59 Å². The largest absolute Gasteiger partial charge is 0.443 e. The molecule has 0 radical (unpaired) electrons. The van der Waals surface area contributed by atoms with E-state index in [1.807, 2.05) is 0 Å². The maximum absolute atomic E-state index is 12.2. The summed E-state index contributed by atoms with van der Waals surface area (Å²) >= 11 is 0. The lowest BCUT2D eigenvalue weighted by atomic mass is 10.1. The van der Waals surface area contributed by atoms with E-state index in [-0.39, 0.29) is 11.4 Å². The molecular formula is C15H14N2O4. The molecule has 0 unspecified atom stereocenters. The van der Waals surface area contributed by atoms with Gasteiger partial charge in [-0.05, 0) is 26.8 Å². The number of nitrogens with zero attached hydrogens (tertiary/aromatic N) is 1. The van der Waals surface area contributed by atoms with Gasteiger partial charge >= 0.3 is 12.0 Å². The molecule has 1 aromatic heterocycles. The smallest absolute Gasteiger partial charge is 0.423 e. The molecule has 108 valence electrons. The molecule has 2 aromatic rings. The van der Waals surface area contributed by atoms with E-state index in [0.717, 1.165) is 4.90 Å². The molecule has 0 saturated carbocycles. The van der Waals surface area contributed by atoms with E-state index < -0.39 is 23.4 Å². The number of aromatic amines is 1. The lowest BCUT2D eigenvalue weighted by molar-refractivity contribution is -0.114. The number of ketones is 1. The molecule has 1 aliphatic rings. The second kappa shape index (κ2) is 4.18. The first-order valence-electron chi connectivity index (χ1n) is 6.52. The Kier molecular flexibility index (Phi) is 2.66. The number of rotatable bonds is 0. The number of para-hydroxylation sites is 1. The highest BCUT2D eigenvalue weighted by atomic mass is 16.6. The number of nitrogens with one attached hydrogen (secondary N) is 1. The van der Waals surface area contributed by atoms with Crippen molar-refractivity contribution in [3.05, 3.63) is 29.8 Å². The first kappa shape index (κ1) is 13.4. The molecule has 0 saturated heterocycles. The molecule has 1 N–H and O–H groups in total. The third kappa shape index (κ3) is 1.99. The van der Waals surface area contributed by atoms with Crippen LogP contribution in [0.1, 0.15) is 31.1 Å². The van der Waals surface area contributed by atoms with E-state index in [4.69, 9.17) is 4.74 Å². The van der Waals surface area contributed by atoms with Crippen LogP contribution in [0.3, 0.4) is 0 Å². The zero-order valence-corrected chi connectivity index (χ0v) is 11.9. The molecule has 3 rings (SSSR count). The number of carbonyl (C=O) groups is 3. The molecule has 0 atom stereocenters. The number of fused-ring (bicyclic) bond motifs is 3. The average Bonchev–Trinajstić information content (AvgIpc) is 2.84. The summed E-state index contributed by atoms with van der Waals surface area (Å²) in [5.41, 5.74) is 0.160. The standard InChI is InChI=1S/C15H14N2O4/c1-15(2,3)21-14(20)17-12-10(11(18)13(17)19)8-6-4-5-7-9(8)16-12/h4-7,16H,1-3H3. The van der Waals surface area contributed by atoms with E-state index in [1.54, 1.807) is 45.0 Å². The Labute approximate surface area is 120 Å². The van der Waals surface area contributed by atoms with E-state index >= 15 is 0 Å². The number of hydrogen-bond donors (Lipinski definition) is 1. The number of Topliss-reactive ketones (excluding diaryl/α,β-unsaturated/α-hetero) is 1. The molecule has 2 amide bonds. The topological polar surface area (TPSA) is 79.5 Å². The van der Waals surface area contributed by atoms with E-state index in [9.17, 15) is 14.4 Å². The van der Waals surface area contributed by atoms with Gasteiger partial charge < -0.3 is 9.72 Å². The van der Waals surface area contributed by atoms with Crippen LogP contribution in [0.5, 0.6) is 0 Å². The first-order valence-corrected chi connectivity index (χ1v) is 6.52. The number of ether oxygens (including phenoxy) is 1. The lowest BCUT2D eigenvalue weighted by Gasteiger charge is -2.22. The first-order chi connectivity index (χ1) is 9.79. The highest BCUT2D eigenvalue weighted by Gasteiger charge is 2.44. The van der Waals surface area contributed by atoms with Gasteiger partial charge in [0.2, 0.25) is 0 Å². The quantitative estimate of drug-likeness (QED) is 0.755.